The van der Waals surface area contributed by atoms with E-state index in [1.54, 1.807) is 17.1 Å². The summed E-state index contributed by atoms with van der Waals surface area (Å²) in [5, 5.41) is 18.3. The molecule has 1 fully saturated rings. The number of aliphatic hydroxyl groups excluding tert-OH is 1. The van der Waals surface area contributed by atoms with Crippen molar-refractivity contribution in [1.82, 2.24) is 20.1 Å². The van der Waals surface area contributed by atoms with Gasteiger partial charge >= 0.3 is 0 Å². The molecule has 1 aliphatic rings. The fourth-order valence-electron chi connectivity index (χ4n) is 3.65. The molecule has 6 heteroatoms. The first-order chi connectivity index (χ1) is 15.7. The first kappa shape index (κ1) is 20.4. The molecule has 1 aliphatic carbocycles. The minimum atomic E-state index is -0.653. The highest BCUT2D eigenvalue weighted by atomic mass is 16.5. The zero-order valence-corrected chi connectivity index (χ0v) is 18.0. The zero-order chi connectivity index (χ0) is 21.9. The highest BCUT2D eigenvalue weighted by molar-refractivity contribution is 5.67. The number of nitrogens with one attached hydrogen (secondary N) is 1. The maximum Gasteiger partial charge on any atom is 0.140 e. The predicted molar refractivity (Wildman–Crippen MR) is 123 cm³/mol. The van der Waals surface area contributed by atoms with E-state index in [0.29, 0.717) is 18.4 Å². The molecule has 2 N–H and O–H groups in total. The number of hydrogen-bond donors (Lipinski definition) is 2. The lowest BCUT2D eigenvalue weighted by Gasteiger charge is -2.14. The van der Waals surface area contributed by atoms with Crippen molar-refractivity contribution in [3.63, 3.8) is 0 Å². The van der Waals surface area contributed by atoms with Crippen molar-refractivity contribution in [2.24, 2.45) is 0 Å². The molecule has 0 aliphatic heterocycles. The largest absolute Gasteiger partial charge is 0.487 e. The van der Waals surface area contributed by atoms with E-state index in [-0.39, 0.29) is 0 Å². The normalized spacial score (nSPS) is 14.3. The third-order valence-corrected chi connectivity index (χ3v) is 5.65. The summed E-state index contributed by atoms with van der Waals surface area (Å²) in [6, 6.07) is 18.5. The molecule has 1 saturated carbocycles. The Balaban J connectivity index is 1.34. The first-order valence-corrected chi connectivity index (χ1v) is 10.9. The molecule has 0 amide bonds. The van der Waals surface area contributed by atoms with Gasteiger partial charge in [0.2, 0.25) is 0 Å². The van der Waals surface area contributed by atoms with E-state index in [1.807, 2.05) is 67.0 Å². The highest BCUT2D eigenvalue weighted by Crippen LogP contribution is 2.29. The molecule has 0 bridgehead atoms. The number of aliphatic hydroxyl groups is 1. The van der Waals surface area contributed by atoms with Crippen LogP contribution in [0, 0.1) is 6.92 Å². The summed E-state index contributed by atoms with van der Waals surface area (Å²) in [5.74, 6) is 0.691. The van der Waals surface area contributed by atoms with Crippen LogP contribution in [-0.4, -0.2) is 25.9 Å². The number of hydrogen-bond acceptors (Lipinski definition) is 5. The van der Waals surface area contributed by atoms with Crippen molar-refractivity contribution in [3.8, 4) is 22.6 Å². The van der Waals surface area contributed by atoms with Gasteiger partial charge in [0.15, 0.2) is 0 Å². The van der Waals surface area contributed by atoms with Crippen molar-refractivity contribution >= 4 is 0 Å². The quantitative estimate of drug-likeness (QED) is 0.404. The van der Waals surface area contributed by atoms with Crippen LogP contribution in [0.3, 0.4) is 0 Å². The van der Waals surface area contributed by atoms with E-state index in [1.165, 1.54) is 0 Å². The van der Waals surface area contributed by atoms with Crippen LogP contribution in [0.2, 0.25) is 0 Å². The molecule has 2 heterocycles. The standard InChI is InChI=1S/C26H26N4O2/c1-18-7-8-20(26(31)29-22-9-10-22)11-25(18)21-13-28-30(16-21)23-12-24(15-27-14-23)32-17-19-5-3-2-4-6-19/h2-8,11-16,22,26,29,31H,9-10,17H2,1H3. The summed E-state index contributed by atoms with van der Waals surface area (Å²) in [6.45, 7) is 2.55. The van der Waals surface area contributed by atoms with E-state index in [4.69, 9.17) is 4.74 Å². The minimum absolute atomic E-state index is 0.432. The molecule has 32 heavy (non-hydrogen) atoms. The molecular formula is C26H26N4O2. The zero-order valence-electron chi connectivity index (χ0n) is 18.0. The molecule has 1 atom stereocenters. The molecular weight excluding hydrogens is 400 g/mol. The van der Waals surface area contributed by atoms with Gasteiger partial charge in [-0.25, -0.2) is 4.68 Å². The Labute approximate surface area is 187 Å². The lowest BCUT2D eigenvalue weighted by atomic mass is 10.00. The predicted octanol–water partition coefficient (Wildman–Crippen LogP) is 4.56. The van der Waals surface area contributed by atoms with E-state index in [9.17, 15) is 5.11 Å². The molecule has 4 aromatic rings. The van der Waals surface area contributed by atoms with Gasteiger partial charge in [0.25, 0.3) is 0 Å². The van der Waals surface area contributed by atoms with Crippen LogP contribution < -0.4 is 10.1 Å². The summed E-state index contributed by atoms with van der Waals surface area (Å²) in [5.41, 5.74) is 5.96. The van der Waals surface area contributed by atoms with Gasteiger partial charge in [0.1, 0.15) is 18.6 Å². The van der Waals surface area contributed by atoms with E-state index in [2.05, 4.69) is 22.3 Å². The second kappa shape index (κ2) is 8.94. The maximum absolute atomic E-state index is 10.5. The summed E-state index contributed by atoms with van der Waals surface area (Å²) < 4.78 is 7.70. The second-order valence-corrected chi connectivity index (χ2v) is 8.24. The minimum Gasteiger partial charge on any atom is -0.487 e. The average molecular weight is 427 g/mol. The topological polar surface area (TPSA) is 72.2 Å². The van der Waals surface area contributed by atoms with Gasteiger partial charge < -0.3 is 9.84 Å². The van der Waals surface area contributed by atoms with Crippen LogP contribution in [0.25, 0.3) is 16.8 Å². The SMILES string of the molecule is Cc1ccc(C(O)NC2CC2)cc1-c1cnn(-c2cncc(OCc3ccccc3)c2)c1. The van der Waals surface area contributed by atoms with E-state index < -0.39 is 6.23 Å². The highest BCUT2D eigenvalue weighted by Gasteiger charge is 2.24. The number of aryl methyl sites for hydroxylation is 1. The van der Waals surface area contributed by atoms with Crippen LogP contribution in [0.5, 0.6) is 5.75 Å². The number of benzene rings is 2. The maximum atomic E-state index is 10.5. The van der Waals surface area contributed by atoms with Crippen LogP contribution in [0.4, 0.5) is 0 Å². The Morgan fingerprint density at radius 1 is 1.09 bits per heavy atom. The van der Waals surface area contributed by atoms with Gasteiger partial charge in [-0.15, -0.1) is 0 Å². The third kappa shape index (κ3) is 4.72. The molecule has 0 radical (unpaired) electrons. The monoisotopic (exact) mass is 426 g/mol. The summed E-state index contributed by atoms with van der Waals surface area (Å²) in [4.78, 5) is 4.32. The summed E-state index contributed by atoms with van der Waals surface area (Å²) in [7, 11) is 0. The van der Waals surface area contributed by atoms with Crippen LogP contribution in [0.15, 0.2) is 79.4 Å². The lowest BCUT2D eigenvalue weighted by molar-refractivity contribution is 0.137. The first-order valence-electron chi connectivity index (χ1n) is 10.9. The van der Waals surface area contributed by atoms with Gasteiger partial charge in [0, 0.05) is 23.9 Å². The molecule has 6 nitrogen and oxygen atoms in total. The molecule has 162 valence electrons. The van der Waals surface area contributed by atoms with Crippen molar-refractivity contribution in [2.45, 2.75) is 38.6 Å². The Hall–Kier alpha value is -3.48. The van der Waals surface area contributed by atoms with Crippen LogP contribution in [0.1, 0.15) is 35.8 Å². The average Bonchev–Trinajstić information content (AvgIpc) is 3.50. The number of rotatable bonds is 8. The molecule has 0 saturated heterocycles. The number of nitrogens with zero attached hydrogens (tertiary/aromatic N) is 3. The molecule has 1 unspecified atom stereocenters. The van der Waals surface area contributed by atoms with Gasteiger partial charge in [0.05, 0.1) is 24.3 Å². The third-order valence-electron chi connectivity index (χ3n) is 5.65. The van der Waals surface area contributed by atoms with Crippen LogP contribution in [-0.2, 0) is 6.61 Å². The number of pyridine rings is 1. The molecule has 0 spiro atoms. The van der Waals surface area contributed by atoms with Gasteiger partial charge in [-0.2, -0.15) is 5.10 Å². The van der Waals surface area contributed by atoms with E-state index >= 15 is 0 Å². The Morgan fingerprint density at radius 2 is 1.94 bits per heavy atom. The fourth-order valence-corrected chi connectivity index (χ4v) is 3.65. The number of aromatic nitrogens is 3. The van der Waals surface area contributed by atoms with Crippen molar-refractivity contribution in [3.05, 3.63) is 96.1 Å². The lowest BCUT2D eigenvalue weighted by Crippen LogP contribution is -2.22. The van der Waals surface area contributed by atoms with E-state index in [0.717, 1.165) is 46.3 Å². The van der Waals surface area contributed by atoms with Crippen molar-refractivity contribution < 1.29 is 9.84 Å². The van der Waals surface area contributed by atoms with Gasteiger partial charge in [-0.1, -0.05) is 42.5 Å². The molecule has 2 aromatic carbocycles. The van der Waals surface area contributed by atoms with Crippen molar-refractivity contribution in [2.75, 3.05) is 0 Å². The van der Waals surface area contributed by atoms with Crippen molar-refractivity contribution in [1.29, 1.82) is 0 Å². The van der Waals surface area contributed by atoms with Crippen LogP contribution >= 0.6 is 0 Å². The smallest absolute Gasteiger partial charge is 0.140 e. The second-order valence-electron chi connectivity index (χ2n) is 8.24. The Morgan fingerprint density at radius 3 is 2.75 bits per heavy atom. The molecule has 2 aromatic heterocycles. The fraction of sp³-hybridized carbons (Fsp3) is 0.231. The Bertz CT molecular complexity index is 1200. The molecule has 5 rings (SSSR count). The summed E-state index contributed by atoms with van der Waals surface area (Å²) >= 11 is 0. The van der Waals surface area contributed by atoms with Gasteiger partial charge in [-0.05, 0) is 48.1 Å². The summed E-state index contributed by atoms with van der Waals surface area (Å²) in [6.07, 6.45) is 8.89. The Kier molecular flexibility index (Phi) is 5.71. The van der Waals surface area contributed by atoms with Gasteiger partial charge in [-0.3, -0.25) is 10.3 Å². The number of ether oxygens (including phenoxy) is 1.